The van der Waals surface area contributed by atoms with Gasteiger partial charge >= 0.3 is 6.18 Å². The number of aromatic nitrogens is 2. The number of aromatic amines is 1. The fraction of sp³-hybridized carbons (Fsp3) is 0.333. The maximum absolute atomic E-state index is 13.2. The normalized spacial score (nSPS) is 16.6. The minimum Gasteiger partial charge on any atom is -0.384 e. The Balaban J connectivity index is 1.51. The summed E-state index contributed by atoms with van der Waals surface area (Å²) in [5.41, 5.74) is 2.03. The molecule has 0 bridgehead atoms. The summed E-state index contributed by atoms with van der Waals surface area (Å²) >= 11 is 0. The number of nitrogens with zero attached hydrogens (tertiary/aromatic N) is 2. The van der Waals surface area contributed by atoms with E-state index in [4.69, 9.17) is 0 Å². The van der Waals surface area contributed by atoms with E-state index in [2.05, 4.69) is 33.5 Å². The van der Waals surface area contributed by atoms with Crippen LogP contribution in [0.2, 0.25) is 0 Å². The van der Waals surface area contributed by atoms with Gasteiger partial charge in [-0.3, -0.25) is 4.79 Å². The number of imidazole rings is 1. The SMILES string of the molecule is CCN(C(=O)c1nc2ccc(C(F)(F)F)cc2[nH]1)[C@@H]1C=C(NCc2ccccc2)CCC1. The van der Waals surface area contributed by atoms with Crippen LogP contribution in [0, 0.1) is 0 Å². The van der Waals surface area contributed by atoms with E-state index < -0.39 is 11.7 Å². The molecule has 1 heterocycles. The van der Waals surface area contributed by atoms with Crippen LogP contribution in [0.15, 0.2) is 60.3 Å². The first kappa shape index (κ1) is 21.9. The summed E-state index contributed by atoms with van der Waals surface area (Å²) in [5, 5.41) is 3.46. The number of H-pyrrole nitrogens is 1. The van der Waals surface area contributed by atoms with Crippen molar-refractivity contribution in [2.75, 3.05) is 6.54 Å². The number of carbonyl (C=O) groups excluding carboxylic acids is 1. The molecular formula is C24H25F3N4O. The van der Waals surface area contributed by atoms with E-state index in [0.29, 0.717) is 18.6 Å². The Kier molecular flexibility index (Phi) is 6.21. The minimum absolute atomic E-state index is 0.0546. The van der Waals surface area contributed by atoms with Gasteiger partial charge in [0.25, 0.3) is 5.91 Å². The topological polar surface area (TPSA) is 61.0 Å². The van der Waals surface area contributed by atoms with Gasteiger partial charge < -0.3 is 15.2 Å². The standard InChI is InChI=1S/C24H25F3N4O/c1-2-31(19-10-6-9-18(14-19)28-15-16-7-4-3-5-8-16)23(32)22-29-20-12-11-17(24(25,26)27)13-21(20)30-22/h3-5,7-8,11-14,19,28H,2,6,9-10,15H2,1H3,(H,29,30)/t19-/m0/s1. The van der Waals surface area contributed by atoms with Gasteiger partial charge in [0.15, 0.2) is 5.82 Å². The average Bonchev–Trinajstić information content (AvgIpc) is 3.22. The molecule has 4 rings (SSSR count). The molecule has 32 heavy (non-hydrogen) atoms. The fourth-order valence-electron chi connectivity index (χ4n) is 4.06. The van der Waals surface area contributed by atoms with E-state index in [1.54, 1.807) is 4.90 Å². The molecule has 1 amide bonds. The molecular weight excluding hydrogens is 417 g/mol. The molecule has 2 N–H and O–H groups in total. The van der Waals surface area contributed by atoms with Crippen molar-refractivity contribution in [2.24, 2.45) is 0 Å². The van der Waals surface area contributed by atoms with Crippen molar-refractivity contribution in [1.82, 2.24) is 20.2 Å². The molecule has 0 aliphatic heterocycles. The van der Waals surface area contributed by atoms with Gasteiger partial charge in [0.05, 0.1) is 22.6 Å². The molecule has 0 fully saturated rings. The van der Waals surface area contributed by atoms with Crippen molar-refractivity contribution in [3.63, 3.8) is 0 Å². The van der Waals surface area contributed by atoms with E-state index in [9.17, 15) is 18.0 Å². The smallest absolute Gasteiger partial charge is 0.384 e. The van der Waals surface area contributed by atoms with Crippen molar-refractivity contribution in [1.29, 1.82) is 0 Å². The van der Waals surface area contributed by atoms with Gasteiger partial charge in [-0.2, -0.15) is 13.2 Å². The predicted molar refractivity (Wildman–Crippen MR) is 117 cm³/mol. The number of amides is 1. The number of hydrogen-bond donors (Lipinski definition) is 2. The van der Waals surface area contributed by atoms with Crippen molar-refractivity contribution < 1.29 is 18.0 Å². The van der Waals surface area contributed by atoms with Crippen LogP contribution in [0.1, 0.15) is 47.9 Å². The van der Waals surface area contributed by atoms with Gasteiger partial charge in [-0.05, 0) is 56.0 Å². The Morgan fingerprint density at radius 1 is 1.22 bits per heavy atom. The lowest BCUT2D eigenvalue weighted by Gasteiger charge is -2.32. The third kappa shape index (κ3) is 4.79. The number of benzene rings is 2. The number of alkyl halides is 3. The molecule has 2 aromatic carbocycles. The lowest BCUT2D eigenvalue weighted by atomic mass is 9.98. The zero-order valence-corrected chi connectivity index (χ0v) is 17.7. The second-order valence-corrected chi connectivity index (χ2v) is 7.90. The van der Waals surface area contributed by atoms with Gasteiger partial charge in [0.2, 0.25) is 0 Å². The molecule has 0 radical (unpaired) electrons. The van der Waals surface area contributed by atoms with Crippen LogP contribution < -0.4 is 5.32 Å². The molecule has 0 saturated heterocycles. The van der Waals surface area contributed by atoms with Crippen molar-refractivity contribution in [2.45, 2.75) is 44.9 Å². The van der Waals surface area contributed by atoms with E-state index in [0.717, 1.165) is 37.1 Å². The highest BCUT2D eigenvalue weighted by Gasteiger charge is 2.31. The molecule has 1 aliphatic rings. The van der Waals surface area contributed by atoms with Crippen LogP contribution in [-0.4, -0.2) is 33.4 Å². The van der Waals surface area contributed by atoms with Gasteiger partial charge in [-0.1, -0.05) is 30.3 Å². The zero-order valence-electron chi connectivity index (χ0n) is 17.7. The van der Waals surface area contributed by atoms with E-state index in [1.807, 2.05) is 25.1 Å². The number of nitrogens with one attached hydrogen (secondary N) is 2. The summed E-state index contributed by atoms with van der Waals surface area (Å²) in [6, 6.07) is 13.2. The highest BCUT2D eigenvalue weighted by atomic mass is 19.4. The molecule has 1 aliphatic carbocycles. The fourth-order valence-corrected chi connectivity index (χ4v) is 4.06. The molecule has 3 aromatic rings. The van der Waals surface area contributed by atoms with Crippen LogP contribution in [0.3, 0.4) is 0 Å². The van der Waals surface area contributed by atoms with E-state index in [1.165, 1.54) is 11.6 Å². The Hall–Kier alpha value is -3.29. The number of halogens is 3. The lowest BCUT2D eigenvalue weighted by molar-refractivity contribution is -0.137. The van der Waals surface area contributed by atoms with E-state index >= 15 is 0 Å². The summed E-state index contributed by atoms with van der Waals surface area (Å²) < 4.78 is 39.0. The maximum atomic E-state index is 13.2. The Morgan fingerprint density at radius 3 is 2.72 bits per heavy atom. The van der Waals surface area contributed by atoms with Crippen LogP contribution in [0.4, 0.5) is 13.2 Å². The number of carbonyl (C=O) groups is 1. The highest BCUT2D eigenvalue weighted by molar-refractivity contribution is 5.94. The lowest BCUT2D eigenvalue weighted by Crippen LogP contribution is -2.41. The molecule has 0 saturated carbocycles. The number of likely N-dealkylation sites (N-methyl/N-ethyl adjacent to an activating group) is 1. The Bertz CT molecular complexity index is 1120. The van der Waals surface area contributed by atoms with Gasteiger partial charge in [0, 0.05) is 18.8 Å². The second-order valence-electron chi connectivity index (χ2n) is 7.90. The summed E-state index contributed by atoms with van der Waals surface area (Å²) in [6.45, 7) is 3.07. The van der Waals surface area contributed by atoms with Crippen LogP contribution >= 0.6 is 0 Å². The molecule has 0 unspecified atom stereocenters. The van der Waals surface area contributed by atoms with E-state index in [-0.39, 0.29) is 23.3 Å². The van der Waals surface area contributed by atoms with Crippen LogP contribution in [-0.2, 0) is 12.7 Å². The predicted octanol–water partition coefficient (Wildman–Crippen LogP) is 5.27. The zero-order chi connectivity index (χ0) is 22.7. The van der Waals surface area contributed by atoms with Gasteiger partial charge in [-0.15, -0.1) is 0 Å². The molecule has 168 valence electrons. The molecule has 5 nitrogen and oxygen atoms in total. The number of hydrogen-bond acceptors (Lipinski definition) is 3. The minimum atomic E-state index is -4.45. The molecule has 1 aromatic heterocycles. The second kappa shape index (κ2) is 9.06. The highest BCUT2D eigenvalue weighted by Crippen LogP contribution is 2.31. The third-order valence-electron chi connectivity index (χ3n) is 5.72. The first-order chi connectivity index (χ1) is 15.3. The average molecular weight is 442 g/mol. The summed E-state index contributed by atoms with van der Waals surface area (Å²) in [4.78, 5) is 21.9. The van der Waals surface area contributed by atoms with Gasteiger partial charge in [0.1, 0.15) is 0 Å². The van der Waals surface area contributed by atoms with Crippen molar-refractivity contribution >= 4 is 16.9 Å². The summed E-state index contributed by atoms with van der Waals surface area (Å²) in [6.07, 6.45) is 0.318. The molecule has 0 spiro atoms. The third-order valence-corrected chi connectivity index (χ3v) is 5.72. The first-order valence-electron chi connectivity index (χ1n) is 10.7. The summed E-state index contributed by atoms with van der Waals surface area (Å²) in [5.74, 6) is -0.262. The quantitative estimate of drug-likeness (QED) is 0.547. The summed E-state index contributed by atoms with van der Waals surface area (Å²) in [7, 11) is 0. The van der Waals surface area contributed by atoms with Gasteiger partial charge in [-0.25, -0.2) is 4.98 Å². The Morgan fingerprint density at radius 2 is 2.00 bits per heavy atom. The van der Waals surface area contributed by atoms with Crippen LogP contribution in [0.5, 0.6) is 0 Å². The first-order valence-corrected chi connectivity index (χ1v) is 10.7. The maximum Gasteiger partial charge on any atom is 0.416 e. The number of rotatable bonds is 6. The molecule has 8 heteroatoms. The molecule has 1 atom stereocenters. The Labute approximate surface area is 184 Å². The monoisotopic (exact) mass is 442 g/mol. The number of fused-ring (bicyclic) bond motifs is 1. The van der Waals surface area contributed by atoms with Crippen molar-refractivity contribution in [3.8, 4) is 0 Å². The largest absolute Gasteiger partial charge is 0.416 e. The van der Waals surface area contributed by atoms with Crippen molar-refractivity contribution in [3.05, 3.63) is 77.3 Å². The number of allylic oxidation sites excluding steroid dienone is 1. The van der Waals surface area contributed by atoms with Crippen LogP contribution in [0.25, 0.3) is 11.0 Å².